The smallest absolute Gasteiger partial charge is 0.228 e. The molecule has 0 aliphatic heterocycles. The summed E-state index contributed by atoms with van der Waals surface area (Å²) in [5.74, 6) is 0.622. The Morgan fingerprint density at radius 1 is 1.25 bits per heavy atom. The van der Waals surface area contributed by atoms with E-state index >= 15 is 0 Å². The molecule has 1 amide bonds. The van der Waals surface area contributed by atoms with Crippen molar-refractivity contribution in [2.75, 3.05) is 12.4 Å². The number of rotatable bonds is 4. The molecule has 0 fully saturated rings. The van der Waals surface area contributed by atoms with Gasteiger partial charge < -0.3 is 10.1 Å². The van der Waals surface area contributed by atoms with Crippen LogP contribution in [0.25, 0.3) is 0 Å². The lowest BCUT2D eigenvalue weighted by molar-refractivity contribution is -0.115. The number of anilines is 1. The molecule has 0 radical (unpaired) electrons. The molecule has 4 heteroatoms. The van der Waals surface area contributed by atoms with Crippen molar-refractivity contribution in [2.24, 2.45) is 0 Å². The van der Waals surface area contributed by atoms with Crippen molar-refractivity contribution in [3.63, 3.8) is 0 Å². The number of ether oxygens (including phenoxy) is 1. The average molecular weight is 266 g/mol. The molecule has 0 unspecified atom stereocenters. The largest absolute Gasteiger partial charge is 0.497 e. The molecular formula is C16H14N2O2. The van der Waals surface area contributed by atoms with Gasteiger partial charge in [0.25, 0.3) is 0 Å². The molecule has 0 saturated heterocycles. The first-order chi connectivity index (χ1) is 9.71. The van der Waals surface area contributed by atoms with E-state index in [9.17, 15) is 4.79 Å². The van der Waals surface area contributed by atoms with Gasteiger partial charge in [-0.3, -0.25) is 4.79 Å². The van der Waals surface area contributed by atoms with Crippen molar-refractivity contribution in [3.05, 3.63) is 59.7 Å². The molecule has 0 aliphatic rings. The lowest BCUT2D eigenvalue weighted by Gasteiger charge is -2.06. The van der Waals surface area contributed by atoms with E-state index in [0.29, 0.717) is 11.3 Å². The molecule has 4 nitrogen and oxygen atoms in total. The predicted molar refractivity (Wildman–Crippen MR) is 76.5 cm³/mol. The third kappa shape index (κ3) is 3.59. The van der Waals surface area contributed by atoms with Gasteiger partial charge in [-0.15, -0.1) is 0 Å². The van der Waals surface area contributed by atoms with Crippen molar-refractivity contribution in [3.8, 4) is 11.8 Å². The van der Waals surface area contributed by atoms with Crippen molar-refractivity contribution in [2.45, 2.75) is 6.42 Å². The van der Waals surface area contributed by atoms with E-state index in [1.807, 2.05) is 30.3 Å². The Morgan fingerprint density at radius 3 is 2.65 bits per heavy atom. The standard InChI is InChI=1S/C16H14N2O2/c1-20-15-4-2-3-13(9-15)10-16(19)18-14-7-5-12(11-17)6-8-14/h2-9H,10H2,1H3,(H,18,19). The first kappa shape index (κ1) is 13.6. The van der Waals surface area contributed by atoms with Crippen LogP contribution in [-0.4, -0.2) is 13.0 Å². The van der Waals surface area contributed by atoms with Crippen molar-refractivity contribution >= 4 is 11.6 Å². The maximum Gasteiger partial charge on any atom is 0.228 e. The number of methoxy groups -OCH3 is 1. The second kappa shape index (κ2) is 6.39. The van der Waals surface area contributed by atoms with Gasteiger partial charge in [0.1, 0.15) is 5.75 Å². The molecule has 0 atom stereocenters. The summed E-state index contributed by atoms with van der Waals surface area (Å²) in [7, 11) is 1.59. The molecular weight excluding hydrogens is 252 g/mol. The molecule has 0 aromatic heterocycles. The van der Waals surface area contributed by atoms with E-state index in [0.717, 1.165) is 11.3 Å². The summed E-state index contributed by atoms with van der Waals surface area (Å²) in [5, 5.41) is 11.5. The van der Waals surface area contributed by atoms with Gasteiger partial charge in [-0.1, -0.05) is 12.1 Å². The summed E-state index contributed by atoms with van der Waals surface area (Å²) in [5.41, 5.74) is 2.13. The van der Waals surface area contributed by atoms with Crippen molar-refractivity contribution < 1.29 is 9.53 Å². The molecule has 1 N–H and O–H groups in total. The van der Waals surface area contributed by atoms with Gasteiger partial charge in [0.05, 0.1) is 25.2 Å². The minimum absolute atomic E-state index is 0.108. The van der Waals surface area contributed by atoms with Crippen LogP contribution < -0.4 is 10.1 Å². The summed E-state index contributed by atoms with van der Waals surface area (Å²) in [6, 6.07) is 16.2. The highest BCUT2D eigenvalue weighted by atomic mass is 16.5. The van der Waals surface area contributed by atoms with Crippen LogP contribution in [0.2, 0.25) is 0 Å². The average Bonchev–Trinajstić information content (AvgIpc) is 2.48. The van der Waals surface area contributed by atoms with Crippen LogP contribution in [0.5, 0.6) is 5.75 Å². The summed E-state index contributed by atoms with van der Waals surface area (Å²) in [4.78, 5) is 11.9. The summed E-state index contributed by atoms with van der Waals surface area (Å²) in [6.07, 6.45) is 0.275. The molecule has 2 aromatic carbocycles. The lowest BCUT2D eigenvalue weighted by Crippen LogP contribution is -2.14. The van der Waals surface area contributed by atoms with Gasteiger partial charge in [-0.05, 0) is 42.0 Å². The van der Waals surface area contributed by atoms with E-state index in [1.54, 1.807) is 31.4 Å². The third-order valence-electron chi connectivity index (χ3n) is 2.80. The lowest BCUT2D eigenvalue weighted by atomic mass is 10.1. The van der Waals surface area contributed by atoms with E-state index in [4.69, 9.17) is 10.00 Å². The Bertz CT molecular complexity index is 642. The SMILES string of the molecule is COc1cccc(CC(=O)Nc2ccc(C#N)cc2)c1. The maximum absolute atomic E-state index is 11.9. The monoisotopic (exact) mass is 266 g/mol. The van der Waals surface area contributed by atoms with Crippen LogP contribution in [0, 0.1) is 11.3 Å². The Hall–Kier alpha value is -2.80. The van der Waals surface area contributed by atoms with Gasteiger partial charge in [-0.2, -0.15) is 5.26 Å². The second-order valence-electron chi connectivity index (χ2n) is 4.27. The van der Waals surface area contributed by atoms with Gasteiger partial charge >= 0.3 is 0 Å². The van der Waals surface area contributed by atoms with Gasteiger partial charge in [0.2, 0.25) is 5.91 Å². The number of amides is 1. The zero-order valence-electron chi connectivity index (χ0n) is 11.1. The minimum Gasteiger partial charge on any atom is -0.497 e. The van der Waals surface area contributed by atoms with E-state index in [2.05, 4.69) is 5.32 Å². The quantitative estimate of drug-likeness (QED) is 0.925. The number of nitrogens with zero attached hydrogens (tertiary/aromatic N) is 1. The number of nitriles is 1. The summed E-state index contributed by atoms with van der Waals surface area (Å²) in [6.45, 7) is 0. The topological polar surface area (TPSA) is 62.1 Å². The van der Waals surface area contributed by atoms with Crippen LogP contribution in [0.4, 0.5) is 5.69 Å². The van der Waals surface area contributed by atoms with Gasteiger partial charge in [0.15, 0.2) is 0 Å². The normalized spacial score (nSPS) is 9.60. The van der Waals surface area contributed by atoms with Gasteiger partial charge in [0, 0.05) is 5.69 Å². The third-order valence-corrected chi connectivity index (χ3v) is 2.80. The number of carbonyl (C=O) groups excluding carboxylic acids is 1. The van der Waals surface area contributed by atoms with Crippen LogP contribution in [0.15, 0.2) is 48.5 Å². The number of carbonyl (C=O) groups is 1. The van der Waals surface area contributed by atoms with Gasteiger partial charge in [-0.25, -0.2) is 0 Å². The number of benzene rings is 2. The van der Waals surface area contributed by atoms with Crippen LogP contribution in [-0.2, 0) is 11.2 Å². The fourth-order valence-electron chi connectivity index (χ4n) is 1.80. The Kier molecular flexibility index (Phi) is 4.35. The summed E-state index contributed by atoms with van der Waals surface area (Å²) < 4.78 is 5.12. The molecule has 2 aromatic rings. The highest BCUT2D eigenvalue weighted by molar-refractivity contribution is 5.92. The highest BCUT2D eigenvalue weighted by Crippen LogP contribution is 2.14. The first-order valence-corrected chi connectivity index (χ1v) is 6.14. The number of nitrogens with one attached hydrogen (secondary N) is 1. The minimum atomic E-state index is -0.108. The second-order valence-corrected chi connectivity index (χ2v) is 4.27. The molecule has 2 rings (SSSR count). The molecule has 0 spiro atoms. The zero-order chi connectivity index (χ0) is 14.4. The van der Waals surface area contributed by atoms with Crippen LogP contribution in [0.1, 0.15) is 11.1 Å². The highest BCUT2D eigenvalue weighted by Gasteiger charge is 2.05. The number of hydrogen-bond donors (Lipinski definition) is 1. The van der Waals surface area contributed by atoms with Crippen molar-refractivity contribution in [1.29, 1.82) is 5.26 Å². The molecule has 0 bridgehead atoms. The molecule has 0 heterocycles. The maximum atomic E-state index is 11.9. The van der Waals surface area contributed by atoms with E-state index in [1.165, 1.54) is 0 Å². The Labute approximate surface area is 117 Å². The zero-order valence-corrected chi connectivity index (χ0v) is 11.1. The Morgan fingerprint density at radius 2 is 2.00 bits per heavy atom. The molecule has 0 saturated carbocycles. The molecule has 20 heavy (non-hydrogen) atoms. The fourth-order valence-corrected chi connectivity index (χ4v) is 1.80. The first-order valence-electron chi connectivity index (χ1n) is 6.14. The molecule has 0 aliphatic carbocycles. The number of hydrogen-bond acceptors (Lipinski definition) is 3. The van der Waals surface area contributed by atoms with E-state index in [-0.39, 0.29) is 12.3 Å². The summed E-state index contributed by atoms with van der Waals surface area (Å²) >= 11 is 0. The fraction of sp³-hybridized carbons (Fsp3) is 0.125. The molecule has 100 valence electrons. The van der Waals surface area contributed by atoms with Crippen LogP contribution in [0.3, 0.4) is 0 Å². The van der Waals surface area contributed by atoms with Crippen LogP contribution >= 0.6 is 0 Å². The predicted octanol–water partition coefficient (Wildman–Crippen LogP) is 2.75. The Balaban J connectivity index is 1.99. The van der Waals surface area contributed by atoms with E-state index < -0.39 is 0 Å². The van der Waals surface area contributed by atoms with Crippen molar-refractivity contribution in [1.82, 2.24) is 0 Å².